The molecule has 0 saturated carbocycles. The third kappa shape index (κ3) is 10.3. The number of allylic oxidation sites excluding steroid dienone is 1. The summed E-state index contributed by atoms with van der Waals surface area (Å²) in [5.41, 5.74) is 0.930. The van der Waals surface area contributed by atoms with Gasteiger partial charge in [0.05, 0.1) is 0 Å². The maximum Gasteiger partial charge on any atom is 0.303 e. The van der Waals surface area contributed by atoms with E-state index in [0.717, 1.165) is 18.4 Å². The van der Waals surface area contributed by atoms with Crippen LogP contribution >= 0.6 is 11.9 Å². The van der Waals surface area contributed by atoms with E-state index in [-0.39, 0.29) is 18.4 Å². The number of nitrogens with one attached hydrogen (secondary N) is 1. The number of carbonyl (C=O) groups excluding carboxylic acids is 1. The van der Waals surface area contributed by atoms with Gasteiger partial charge in [0, 0.05) is 30.2 Å². The number of amides is 1. The van der Waals surface area contributed by atoms with Crippen LogP contribution in [0.15, 0.2) is 48.8 Å². The Balaban J connectivity index is 1.81. The summed E-state index contributed by atoms with van der Waals surface area (Å²) < 4.78 is 1.65. The number of carboxylic acid groups (broad SMARTS) is 1. The summed E-state index contributed by atoms with van der Waals surface area (Å²) in [5, 5.41) is 16.4. The molecule has 0 bridgehead atoms. The van der Waals surface area contributed by atoms with E-state index in [1.54, 1.807) is 10.4 Å². The molecular formula is C23H32N4O3S. The number of hydrogen-bond donors (Lipinski definition) is 2. The Morgan fingerprint density at radius 2 is 2.00 bits per heavy atom. The molecule has 168 valence electrons. The van der Waals surface area contributed by atoms with Crippen molar-refractivity contribution in [1.29, 1.82) is 0 Å². The highest BCUT2D eigenvalue weighted by atomic mass is 32.2. The van der Waals surface area contributed by atoms with Crippen molar-refractivity contribution in [2.24, 2.45) is 0 Å². The van der Waals surface area contributed by atoms with Crippen LogP contribution in [0.25, 0.3) is 11.4 Å². The van der Waals surface area contributed by atoms with Gasteiger partial charge < -0.3 is 10.4 Å². The normalized spacial score (nSPS) is 12.2. The average Bonchev–Trinajstić information content (AvgIpc) is 3.24. The number of carbonyl (C=O) groups is 2. The number of unbranched alkanes of at least 4 members (excludes halogenated alkanes) is 4. The number of hydrogen-bond acceptors (Lipinski definition) is 5. The second-order valence-corrected chi connectivity index (χ2v) is 8.32. The van der Waals surface area contributed by atoms with Crippen LogP contribution in [0.5, 0.6) is 0 Å². The number of carboxylic acids is 1. The standard InChI is InChI=1S/C23H32N4O3S/c1-2-3-4-5-6-7-11-14-21(28)25-20(15-16-22(29)30)17-31-27-18-24-23(26-27)19-12-9-8-10-13-19/h7-13,18,20H,2-6,14-17H2,1H3,(H,25,28)(H,29,30)/b11-7+/t20-/m0/s1. The third-order valence-corrected chi connectivity index (χ3v) is 5.67. The Bertz CT molecular complexity index is 823. The quantitative estimate of drug-likeness (QED) is 0.305. The fraction of sp³-hybridized carbons (Fsp3) is 0.478. The molecule has 1 heterocycles. The van der Waals surface area contributed by atoms with E-state index in [2.05, 4.69) is 28.4 Å². The molecule has 2 N–H and O–H groups in total. The first-order valence-electron chi connectivity index (χ1n) is 10.8. The molecule has 0 aliphatic carbocycles. The lowest BCUT2D eigenvalue weighted by molar-refractivity contribution is -0.137. The van der Waals surface area contributed by atoms with Crippen LogP contribution in [0.3, 0.4) is 0 Å². The first kappa shape index (κ1) is 24.7. The smallest absolute Gasteiger partial charge is 0.303 e. The molecular weight excluding hydrogens is 412 g/mol. The van der Waals surface area contributed by atoms with Gasteiger partial charge in [-0.2, -0.15) is 4.09 Å². The molecule has 1 amide bonds. The molecule has 0 unspecified atom stereocenters. The second kappa shape index (κ2) is 14.4. The minimum atomic E-state index is -0.872. The van der Waals surface area contributed by atoms with Gasteiger partial charge in [0.15, 0.2) is 5.82 Å². The van der Waals surface area contributed by atoms with Gasteiger partial charge in [-0.1, -0.05) is 68.7 Å². The molecule has 1 aromatic heterocycles. The number of aromatic nitrogens is 3. The van der Waals surface area contributed by atoms with Crippen LogP contribution < -0.4 is 5.32 Å². The lowest BCUT2D eigenvalue weighted by Gasteiger charge is -2.17. The summed E-state index contributed by atoms with van der Waals surface area (Å²) in [5.74, 6) is 0.174. The molecule has 0 spiro atoms. The van der Waals surface area contributed by atoms with Crippen molar-refractivity contribution in [2.45, 2.75) is 64.3 Å². The molecule has 31 heavy (non-hydrogen) atoms. The fourth-order valence-corrected chi connectivity index (χ4v) is 3.81. The topological polar surface area (TPSA) is 97.1 Å². The molecule has 8 heteroatoms. The van der Waals surface area contributed by atoms with E-state index in [1.165, 1.54) is 31.2 Å². The van der Waals surface area contributed by atoms with Crippen molar-refractivity contribution in [3.63, 3.8) is 0 Å². The summed E-state index contributed by atoms with van der Waals surface area (Å²) in [6, 6.07) is 9.43. The Kier molecular flexibility index (Phi) is 11.5. The SMILES string of the molecule is CCCCCC/C=C/CC(=O)N[C@@H](CCC(=O)O)CSn1cnc(-c2ccccc2)n1. The molecule has 0 radical (unpaired) electrons. The fourth-order valence-electron chi connectivity index (χ4n) is 2.98. The van der Waals surface area contributed by atoms with Crippen LogP contribution in [0.1, 0.15) is 58.3 Å². The maximum absolute atomic E-state index is 12.3. The van der Waals surface area contributed by atoms with Crippen LogP contribution in [-0.2, 0) is 9.59 Å². The van der Waals surface area contributed by atoms with Gasteiger partial charge in [-0.05, 0) is 31.2 Å². The van der Waals surface area contributed by atoms with Crippen LogP contribution in [-0.4, -0.2) is 42.9 Å². The summed E-state index contributed by atoms with van der Waals surface area (Å²) in [6.07, 6.45) is 12.1. The Morgan fingerprint density at radius 3 is 2.74 bits per heavy atom. The van der Waals surface area contributed by atoms with Gasteiger partial charge in [-0.25, -0.2) is 4.98 Å². The minimum Gasteiger partial charge on any atom is -0.481 e. The van der Waals surface area contributed by atoms with Gasteiger partial charge in [-0.15, -0.1) is 5.10 Å². The summed E-state index contributed by atoms with van der Waals surface area (Å²) in [4.78, 5) is 27.6. The highest BCUT2D eigenvalue weighted by Gasteiger charge is 2.15. The van der Waals surface area contributed by atoms with Crippen LogP contribution in [0.4, 0.5) is 0 Å². The van der Waals surface area contributed by atoms with Crippen molar-refractivity contribution >= 4 is 23.8 Å². The molecule has 0 fully saturated rings. The molecule has 2 rings (SSSR count). The minimum absolute atomic E-state index is 0.00535. The monoisotopic (exact) mass is 444 g/mol. The predicted molar refractivity (Wildman–Crippen MR) is 125 cm³/mol. The first-order valence-corrected chi connectivity index (χ1v) is 11.8. The predicted octanol–water partition coefficient (Wildman–Crippen LogP) is 4.71. The summed E-state index contributed by atoms with van der Waals surface area (Å²) >= 11 is 1.39. The van der Waals surface area contributed by atoms with Crippen molar-refractivity contribution in [1.82, 2.24) is 19.5 Å². The van der Waals surface area contributed by atoms with E-state index in [9.17, 15) is 9.59 Å². The van der Waals surface area contributed by atoms with E-state index in [0.29, 0.717) is 24.4 Å². The second-order valence-electron chi connectivity index (χ2n) is 7.35. The maximum atomic E-state index is 12.3. The molecule has 0 aliphatic rings. The molecule has 2 aromatic rings. The first-order chi connectivity index (χ1) is 15.1. The molecule has 0 aliphatic heterocycles. The molecule has 0 saturated heterocycles. The largest absolute Gasteiger partial charge is 0.481 e. The van der Waals surface area contributed by atoms with Crippen molar-refractivity contribution in [2.75, 3.05) is 5.75 Å². The van der Waals surface area contributed by atoms with Crippen LogP contribution in [0.2, 0.25) is 0 Å². The van der Waals surface area contributed by atoms with E-state index < -0.39 is 5.97 Å². The zero-order valence-corrected chi connectivity index (χ0v) is 18.9. The van der Waals surface area contributed by atoms with Crippen molar-refractivity contribution in [3.8, 4) is 11.4 Å². The van der Waals surface area contributed by atoms with Crippen molar-refractivity contribution in [3.05, 3.63) is 48.8 Å². The third-order valence-electron chi connectivity index (χ3n) is 4.68. The average molecular weight is 445 g/mol. The van der Waals surface area contributed by atoms with Crippen LogP contribution in [0, 0.1) is 0 Å². The lowest BCUT2D eigenvalue weighted by atomic mass is 10.1. The van der Waals surface area contributed by atoms with Gasteiger partial charge in [0.2, 0.25) is 5.91 Å². The number of benzene rings is 1. The van der Waals surface area contributed by atoms with Gasteiger partial charge in [0.1, 0.15) is 6.33 Å². The van der Waals surface area contributed by atoms with Gasteiger partial charge in [-0.3, -0.25) is 9.59 Å². The Labute approximate surface area is 188 Å². The summed E-state index contributed by atoms with van der Waals surface area (Å²) in [7, 11) is 0. The zero-order chi connectivity index (χ0) is 22.3. The summed E-state index contributed by atoms with van der Waals surface area (Å²) in [6.45, 7) is 2.18. The Hall–Kier alpha value is -2.61. The highest BCUT2D eigenvalue weighted by Crippen LogP contribution is 2.16. The van der Waals surface area contributed by atoms with E-state index in [4.69, 9.17) is 5.11 Å². The van der Waals surface area contributed by atoms with Gasteiger partial charge >= 0.3 is 5.97 Å². The molecule has 1 atom stereocenters. The number of aliphatic carboxylic acids is 1. The highest BCUT2D eigenvalue weighted by molar-refractivity contribution is 7.97. The van der Waals surface area contributed by atoms with Gasteiger partial charge in [0.25, 0.3) is 0 Å². The van der Waals surface area contributed by atoms with Crippen molar-refractivity contribution < 1.29 is 14.7 Å². The molecule has 1 aromatic carbocycles. The lowest BCUT2D eigenvalue weighted by Crippen LogP contribution is -2.37. The van der Waals surface area contributed by atoms with E-state index in [1.807, 2.05) is 36.4 Å². The number of nitrogens with zero attached hydrogens (tertiary/aromatic N) is 3. The zero-order valence-electron chi connectivity index (χ0n) is 18.1. The Morgan fingerprint density at radius 1 is 1.19 bits per heavy atom. The molecule has 7 nitrogen and oxygen atoms in total. The number of rotatable bonds is 15. The van der Waals surface area contributed by atoms with E-state index >= 15 is 0 Å².